The average molecular weight is 309 g/mol. The van der Waals surface area contributed by atoms with Crippen molar-refractivity contribution in [1.29, 1.82) is 0 Å². The summed E-state index contributed by atoms with van der Waals surface area (Å²) in [6.45, 7) is 1.80. The molecule has 1 aromatic heterocycles. The Labute approximate surface area is 114 Å². The van der Waals surface area contributed by atoms with Crippen LogP contribution < -0.4 is 15.8 Å². The molecule has 5 nitrogen and oxygen atoms in total. The Morgan fingerprint density at radius 1 is 1.28 bits per heavy atom. The fourth-order valence-corrected chi connectivity index (χ4v) is 1.95. The molecule has 94 valence electrons. The Balaban J connectivity index is 2.28. The summed E-state index contributed by atoms with van der Waals surface area (Å²) in [5.41, 5.74) is 6.54. The van der Waals surface area contributed by atoms with E-state index in [1.807, 2.05) is 18.2 Å². The summed E-state index contributed by atoms with van der Waals surface area (Å²) >= 11 is 3.40. The van der Waals surface area contributed by atoms with Crippen molar-refractivity contribution in [2.45, 2.75) is 6.92 Å². The lowest BCUT2D eigenvalue weighted by molar-refractivity contribution is 0.412. The first-order chi connectivity index (χ1) is 8.58. The van der Waals surface area contributed by atoms with Gasteiger partial charge < -0.3 is 15.8 Å². The summed E-state index contributed by atoms with van der Waals surface area (Å²) in [5, 5.41) is 3.16. The average Bonchev–Trinajstić information content (AvgIpc) is 2.30. The second kappa shape index (κ2) is 5.22. The number of benzene rings is 1. The summed E-state index contributed by atoms with van der Waals surface area (Å²) in [7, 11) is 1.62. The van der Waals surface area contributed by atoms with Crippen LogP contribution in [0.3, 0.4) is 0 Å². The lowest BCUT2D eigenvalue weighted by Crippen LogP contribution is -2.00. The molecule has 0 aliphatic heterocycles. The predicted octanol–water partition coefficient (Wildman–Crippen LogP) is 2.88. The van der Waals surface area contributed by atoms with Gasteiger partial charge in [0.2, 0.25) is 0 Å². The highest BCUT2D eigenvalue weighted by atomic mass is 79.9. The molecule has 2 rings (SSSR count). The Bertz CT molecular complexity index is 554. The zero-order chi connectivity index (χ0) is 13.1. The normalized spacial score (nSPS) is 10.2. The molecule has 0 spiro atoms. The van der Waals surface area contributed by atoms with E-state index in [4.69, 9.17) is 10.5 Å². The number of nitrogens with one attached hydrogen (secondary N) is 1. The summed E-state index contributed by atoms with van der Waals surface area (Å²) in [6, 6.07) is 7.37. The Kier molecular flexibility index (Phi) is 3.66. The van der Waals surface area contributed by atoms with Crippen molar-refractivity contribution in [2.75, 3.05) is 18.2 Å². The molecule has 18 heavy (non-hydrogen) atoms. The van der Waals surface area contributed by atoms with Crippen molar-refractivity contribution in [1.82, 2.24) is 9.97 Å². The minimum absolute atomic E-state index is 0.439. The number of nitrogens with two attached hydrogens (primary N) is 1. The molecule has 0 amide bonds. The van der Waals surface area contributed by atoms with Gasteiger partial charge in [0.15, 0.2) is 0 Å². The maximum atomic E-state index is 5.67. The lowest BCUT2D eigenvalue weighted by Gasteiger charge is -2.09. The zero-order valence-corrected chi connectivity index (χ0v) is 11.7. The molecule has 2 aromatic rings. The second-order valence-electron chi connectivity index (χ2n) is 3.70. The van der Waals surface area contributed by atoms with Gasteiger partial charge in [-0.05, 0) is 35.0 Å². The van der Waals surface area contributed by atoms with Gasteiger partial charge >= 0.3 is 0 Å². The van der Waals surface area contributed by atoms with Crippen molar-refractivity contribution < 1.29 is 4.74 Å². The van der Waals surface area contributed by atoms with Crippen molar-refractivity contribution in [3.63, 3.8) is 0 Å². The number of rotatable bonds is 3. The zero-order valence-electron chi connectivity index (χ0n) is 10.1. The Hall–Kier alpha value is -1.82. The number of nitrogen functional groups attached to an aromatic ring is 1. The molecule has 3 N–H and O–H groups in total. The highest BCUT2D eigenvalue weighted by Crippen LogP contribution is 2.29. The predicted molar refractivity (Wildman–Crippen MR) is 75.2 cm³/mol. The molecular formula is C12H13BrN4O. The van der Waals surface area contributed by atoms with Crippen LogP contribution in [0.1, 0.15) is 5.82 Å². The maximum absolute atomic E-state index is 5.67. The van der Waals surface area contributed by atoms with Crippen LogP contribution in [0.5, 0.6) is 5.75 Å². The third-order valence-corrected chi connectivity index (χ3v) is 2.94. The first kappa shape index (κ1) is 12.6. The summed E-state index contributed by atoms with van der Waals surface area (Å²) in [5.74, 6) is 2.47. The van der Waals surface area contributed by atoms with E-state index in [0.717, 1.165) is 15.9 Å². The minimum Gasteiger partial charge on any atom is -0.495 e. The number of hydrogen-bond acceptors (Lipinski definition) is 5. The molecular weight excluding hydrogens is 296 g/mol. The van der Waals surface area contributed by atoms with Crippen LogP contribution >= 0.6 is 15.9 Å². The molecule has 0 atom stereocenters. The van der Waals surface area contributed by atoms with E-state index >= 15 is 0 Å². The van der Waals surface area contributed by atoms with Gasteiger partial charge in [-0.15, -0.1) is 0 Å². The van der Waals surface area contributed by atoms with E-state index in [2.05, 4.69) is 31.2 Å². The van der Waals surface area contributed by atoms with Gasteiger partial charge in [0.25, 0.3) is 0 Å². The van der Waals surface area contributed by atoms with Gasteiger partial charge in [0.05, 0.1) is 11.6 Å². The summed E-state index contributed by atoms with van der Waals surface area (Å²) in [6.07, 6.45) is 0. The molecule has 6 heteroatoms. The van der Waals surface area contributed by atoms with Gasteiger partial charge in [0, 0.05) is 17.8 Å². The lowest BCUT2D eigenvalue weighted by atomic mass is 10.3. The van der Waals surface area contributed by atoms with E-state index < -0.39 is 0 Å². The van der Waals surface area contributed by atoms with Gasteiger partial charge in [-0.2, -0.15) is 0 Å². The molecule has 1 aromatic carbocycles. The van der Waals surface area contributed by atoms with Crippen molar-refractivity contribution >= 4 is 33.3 Å². The summed E-state index contributed by atoms with van der Waals surface area (Å²) in [4.78, 5) is 8.27. The largest absolute Gasteiger partial charge is 0.495 e. The Morgan fingerprint density at radius 3 is 2.72 bits per heavy atom. The monoisotopic (exact) mass is 308 g/mol. The van der Waals surface area contributed by atoms with Gasteiger partial charge in [0.1, 0.15) is 23.2 Å². The van der Waals surface area contributed by atoms with E-state index in [-0.39, 0.29) is 0 Å². The van der Waals surface area contributed by atoms with Crippen molar-refractivity contribution in [2.24, 2.45) is 0 Å². The van der Waals surface area contributed by atoms with Crippen LogP contribution in [0.2, 0.25) is 0 Å². The molecule has 0 saturated carbocycles. The van der Waals surface area contributed by atoms with Crippen LogP contribution in [0.4, 0.5) is 17.3 Å². The molecule has 0 bridgehead atoms. The SMILES string of the molecule is COc1cc(Nc2cc(N)nc(C)n2)ccc1Br. The number of nitrogens with zero attached hydrogens (tertiary/aromatic N) is 2. The first-order valence-electron chi connectivity index (χ1n) is 5.30. The molecule has 0 radical (unpaired) electrons. The third kappa shape index (κ3) is 2.89. The first-order valence-corrected chi connectivity index (χ1v) is 6.09. The van der Waals surface area contributed by atoms with Gasteiger partial charge in [-0.1, -0.05) is 0 Å². The molecule has 0 unspecified atom stereocenters. The van der Waals surface area contributed by atoms with E-state index in [0.29, 0.717) is 17.5 Å². The number of hydrogen-bond donors (Lipinski definition) is 2. The fourth-order valence-electron chi connectivity index (χ4n) is 1.54. The number of methoxy groups -OCH3 is 1. The molecule has 0 aliphatic rings. The highest BCUT2D eigenvalue weighted by Gasteiger charge is 2.04. The van der Waals surface area contributed by atoms with Gasteiger partial charge in [-0.3, -0.25) is 0 Å². The van der Waals surface area contributed by atoms with Crippen molar-refractivity contribution in [3.8, 4) is 5.75 Å². The summed E-state index contributed by atoms with van der Waals surface area (Å²) < 4.78 is 6.12. The number of ether oxygens (including phenoxy) is 1. The topological polar surface area (TPSA) is 73.1 Å². The number of anilines is 3. The number of halogens is 1. The molecule has 0 saturated heterocycles. The van der Waals surface area contributed by atoms with Crippen LogP contribution in [-0.2, 0) is 0 Å². The van der Waals surface area contributed by atoms with Gasteiger partial charge in [-0.25, -0.2) is 9.97 Å². The highest BCUT2D eigenvalue weighted by molar-refractivity contribution is 9.10. The third-order valence-electron chi connectivity index (χ3n) is 2.28. The number of aromatic nitrogens is 2. The smallest absolute Gasteiger partial charge is 0.136 e. The van der Waals surface area contributed by atoms with E-state index in [1.165, 1.54) is 0 Å². The molecule has 1 heterocycles. The van der Waals surface area contributed by atoms with Crippen LogP contribution in [0.25, 0.3) is 0 Å². The quantitative estimate of drug-likeness (QED) is 0.912. The maximum Gasteiger partial charge on any atom is 0.136 e. The second-order valence-corrected chi connectivity index (χ2v) is 4.55. The van der Waals surface area contributed by atoms with Crippen LogP contribution in [0, 0.1) is 6.92 Å². The minimum atomic E-state index is 0.439. The fraction of sp³-hybridized carbons (Fsp3) is 0.167. The standard InChI is InChI=1S/C12H13BrN4O/c1-7-15-11(14)6-12(16-7)17-8-3-4-9(13)10(5-8)18-2/h3-6H,1-2H3,(H3,14,15,16,17). The van der Waals surface area contributed by atoms with Crippen LogP contribution in [0.15, 0.2) is 28.7 Å². The molecule has 0 aliphatic carbocycles. The van der Waals surface area contributed by atoms with E-state index in [1.54, 1.807) is 20.1 Å². The number of aryl methyl sites for hydroxylation is 1. The molecule has 0 fully saturated rings. The van der Waals surface area contributed by atoms with E-state index in [9.17, 15) is 0 Å². The Morgan fingerprint density at radius 2 is 2.06 bits per heavy atom. The van der Waals surface area contributed by atoms with Crippen LogP contribution in [-0.4, -0.2) is 17.1 Å². The van der Waals surface area contributed by atoms with Crippen molar-refractivity contribution in [3.05, 3.63) is 34.6 Å².